The number of ether oxygens (including phenoxy) is 1. The van der Waals surface area contributed by atoms with Crippen LogP contribution in [0.3, 0.4) is 0 Å². The average molecular weight is 256 g/mol. The van der Waals surface area contributed by atoms with Crippen LogP contribution in [0.4, 0.5) is 18.9 Å². The van der Waals surface area contributed by atoms with Gasteiger partial charge in [-0.15, -0.1) is 0 Å². The van der Waals surface area contributed by atoms with Gasteiger partial charge in [0, 0.05) is 12.1 Å². The van der Waals surface area contributed by atoms with E-state index in [1.807, 2.05) is 0 Å². The van der Waals surface area contributed by atoms with Crippen LogP contribution in [-0.2, 0) is 0 Å². The third-order valence-electron chi connectivity index (χ3n) is 1.56. The van der Waals surface area contributed by atoms with E-state index in [0.29, 0.717) is 0 Å². The third kappa shape index (κ3) is 2.99. The highest BCUT2D eigenvalue weighted by molar-refractivity contribution is 6.20. The number of nitro groups is 1. The first-order valence-electron chi connectivity index (χ1n) is 3.92. The van der Waals surface area contributed by atoms with E-state index in [1.165, 1.54) is 0 Å². The number of non-ortho nitro benzene ring substituents is 1. The number of hydrogen-bond acceptors (Lipinski definition) is 3. The van der Waals surface area contributed by atoms with Gasteiger partial charge >= 0.3 is 6.11 Å². The molecule has 0 bridgehead atoms. The molecule has 4 nitrogen and oxygen atoms in total. The van der Waals surface area contributed by atoms with E-state index in [1.54, 1.807) is 0 Å². The second-order valence-corrected chi connectivity index (χ2v) is 3.10. The Hall–Kier alpha value is -1.50. The molecule has 1 aromatic rings. The molecular formula is C8H5ClF3NO3. The zero-order chi connectivity index (χ0) is 12.3. The largest absolute Gasteiger partial charge is 0.444 e. The molecule has 1 aromatic carbocycles. The van der Waals surface area contributed by atoms with Crippen molar-refractivity contribution >= 4 is 17.3 Å². The van der Waals surface area contributed by atoms with E-state index in [9.17, 15) is 23.3 Å². The molecule has 8 heteroatoms. The molecular weight excluding hydrogens is 251 g/mol. The van der Waals surface area contributed by atoms with Gasteiger partial charge in [0.25, 0.3) is 11.3 Å². The highest BCUT2D eigenvalue weighted by Gasteiger charge is 2.42. The van der Waals surface area contributed by atoms with Gasteiger partial charge in [0.2, 0.25) is 0 Å². The molecule has 0 unspecified atom stereocenters. The lowest BCUT2D eigenvalue weighted by molar-refractivity contribution is -0.384. The van der Waals surface area contributed by atoms with Crippen LogP contribution in [0.2, 0.25) is 0 Å². The zero-order valence-corrected chi connectivity index (χ0v) is 8.33. The molecule has 0 saturated heterocycles. The van der Waals surface area contributed by atoms with Crippen molar-refractivity contribution in [3.63, 3.8) is 0 Å². The quantitative estimate of drug-likeness (QED) is 0.472. The maximum atomic E-state index is 12.6. The monoisotopic (exact) mass is 255 g/mol. The summed E-state index contributed by atoms with van der Waals surface area (Å²) >= 11 is 4.55. The highest BCUT2D eigenvalue weighted by atomic mass is 35.5. The van der Waals surface area contributed by atoms with E-state index >= 15 is 0 Å². The summed E-state index contributed by atoms with van der Waals surface area (Å²) in [7, 11) is 0. The van der Waals surface area contributed by atoms with Crippen molar-refractivity contribution in [2.45, 2.75) is 11.7 Å². The minimum absolute atomic E-state index is 0.293. The summed E-state index contributed by atoms with van der Waals surface area (Å²) in [6.07, 6.45) is -4.18. The Bertz CT molecular complexity index is 383. The van der Waals surface area contributed by atoms with Crippen LogP contribution < -0.4 is 4.74 Å². The fourth-order valence-corrected chi connectivity index (χ4v) is 0.882. The first kappa shape index (κ1) is 12.6. The Morgan fingerprint density at radius 2 is 1.88 bits per heavy atom. The lowest BCUT2D eigenvalue weighted by Crippen LogP contribution is -2.32. The van der Waals surface area contributed by atoms with Crippen LogP contribution in [-0.4, -0.2) is 16.7 Å². The molecule has 0 aromatic heterocycles. The molecule has 1 rings (SSSR count). The first-order chi connectivity index (χ1) is 7.33. The predicted molar refractivity (Wildman–Crippen MR) is 49.4 cm³/mol. The number of benzene rings is 1. The molecule has 0 saturated carbocycles. The molecule has 0 radical (unpaired) electrons. The zero-order valence-electron chi connectivity index (χ0n) is 7.57. The minimum Gasteiger partial charge on any atom is -0.429 e. The number of nitro benzene ring substituents is 1. The molecule has 0 amide bonds. The summed E-state index contributed by atoms with van der Waals surface area (Å²) in [6, 6.07) is 3.75. The molecule has 0 aliphatic heterocycles. The van der Waals surface area contributed by atoms with Gasteiger partial charge in [-0.2, -0.15) is 8.78 Å². The van der Waals surface area contributed by atoms with Gasteiger partial charge in [0.15, 0.2) is 0 Å². The number of nitrogens with zero attached hydrogens (tertiary/aromatic N) is 1. The molecule has 16 heavy (non-hydrogen) atoms. The number of halogens is 4. The summed E-state index contributed by atoms with van der Waals surface area (Å²) < 4.78 is 41.3. The van der Waals surface area contributed by atoms with Gasteiger partial charge < -0.3 is 4.74 Å². The number of rotatable bonds is 4. The van der Waals surface area contributed by atoms with Gasteiger partial charge in [-0.25, -0.2) is 4.39 Å². The second kappa shape index (κ2) is 4.56. The SMILES string of the molecule is O=[N+]([O-])c1ccc(OC(F)(F)[C@H](F)Cl)cc1. The summed E-state index contributed by atoms with van der Waals surface area (Å²) in [5, 5.41) is 10.2. The van der Waals surface area contributed by atoms with Crippen LogP contribution in [0.15, 0.2) is 24.3 Å². The Morgan fingerprint density at radius 1 is 1.38 bits per heavy atom. The molecule has 0 aliphatic carbocycles. The normalized spacial score (nSPS) is 13.2. The summed E-state index contributed by atoms with van der Waals surface area (Å²) in [5.41, 5.74) is -3.29. The Labute approximate surface area is 92.7 Å². The maximum Gasteiger partial charge on any atom is 0.444 e. The van der Waals surface area contributed by atoms with Gasteiger partial charge in [0.05, 0.1) is 4.92 Å². The van der Waals surface area contributed by atoms with E-state index in [2.05, 4.69) is 16.3 Å². The van der Waals surface area contributed by atoms with E-state index in [0.717, 1.165) is 24.3 Å². The Morgan fingerprint density at radius 3 is 2.25 bits per heavy atom. The smallest absolute Gasteiger partial charge is 0.429 e. The standard InChI is InChI=1S/C8H5ClF3NO3/c9-7(10)8(11,12)16-6-3-1-5(2-4-6)13(14)15/h1-4,7H/t7-/m0/s1. The van der Waals surface area contributed by atoms with Crippen molar-refractivity contribution in [3.8, 4) is 5.75 Å². The van der Waals surface area contributed by atoms with Crippen LogP contribution in [0.1, 0.15) is 0 Å². The van der Waals surface area contributed by atoms with Crippen LogP contribution >= 0.6 is 11.6 Å². The van der Waals surface area contributed by atoms with Crippen molar-refractivity contribution in [1.29, 1.82) is 0 Å². The van der Waals surface area contributed by atoms with E-state index in [-0.39, 0.29) is 5.69 Å². The molecule has 0 heterocycles. The van der Waals surface area contributed by atoms with Crippen LogP contribution in [0, 0.1) is 10.1 Å². The first-order valence-corrected chi connectivity index (χ1v) is 4.36. The van der Waals surface area contributed by atoms with Crippen molar-refractivity contribution < 1.29 is 22.8 Å². The molecule has 0 spiro atoms. The van der Waals surface area contributed by atoms with Crippen molar-refractivity contribution in [1.82, 2.24) is 0 Å². The molecule has 88 valence electrons. The van der Waals surface area contributed by atoms with Gasteiger partial charge in [-0.3, -0.25) is 10.1 Å². The summed E-state index contributed by atoms with van der Waals surface area (Å²) in [6.45, 7) is 0. The second-order valence-electron chi connectivity index (χ2n) is 2.72. The van der Waals surface area contributed by atoms with Crippen molar-refractivity contribution in [2.75, 3.05) is 0 Å². The molecule has 0 fully saturated rings. The van der Waals surface area contributed by atoms with Crippen molar-refractivity contribution in [3.05, 3.63) is 34.4 Å². The lowest BCUT2D eigenvalue weighted by Gasteiger charge is -2.17. The van der Waals surface area contributed by atoms with Gasteiger partial charge in [-0.05, 0) is 12.1 Å². The predicted octanol–water partition coefficient (Wildman–Crippen LogP) is 3.10. The molecule has 1 atom stereocenters. The Kier molecular flexibility index (Phi) is 3.58. The fourth-order valence-electron chi connectivity index (χ4n) is 0.838. The lowest BCUT2D eigenvalue weighted by atomic mass is 10.3. The number of hydrogen-bond donors (Lipinski definition) is 0. The van der Waals surface area contributed by atoms with Crippen LogP contribution in [0.5, 0.6) is 5.75 Å². The topological polar surface area (TPSA) is 52.4 Å². The Balaban J connectivity index is 2.80. The summed E-state index contributed by atoms with van der Waals surface area (Å²) in [5.74, 6) is -0.418. The number of alkyl halides is 4. The van der Waals surface area contributed by atoms with Crippen molar-refractivity contribution in [2.24, 2.45) is 0 Å². The molecule has 0 N–H and O–H groups in total. The minimum atomic E-state index is -4.18. The third-order valence-corrected chi connectivity index (χ3v) is 1.81. The maximum absolute atomic E-state index is 12.6. The van der Waals surface area contributed by atoms with Gasteiger partial charge in [-0.1, -0.05) is 11.6 Å². The van der Waals surface area contributed by atoms with Gasteiger partial charge in [0.1, 0.15) is 5.75 Å². The van der Waals surface area contributed by atoms with E-state index < -0.39 is 22.4 Å². The highest BCUT2D eigenvalue weighted by Crippen LogP contribution is 2.29. The summed E-state index contributed by atoms with van der Waals surface area (Å²) in [4.78, 5) is 9.53. The van der Waals surface area contributed by atoms with E-state index in [4.69, 9.17) is 0 Å². The molecule has 0 aliphatic rings. The average Bonchev–Trinajstić information content (AvgIpc) is 2.17. The van der Waals surface area contributed by atoms with Crippen LogP contribution in [0.25, 0.3) is 0 Å². The fraction of sp³-hybridized carbons (Fsp3) is 0.250.